The van der Waals surface area contributed by atoms with Crippen molar-refractivity contribution in [1.82, 2.24) is 0 Å². The molecule has 1 rings (SSSR count). The number of hydrogen-bond acceptors (Lipinski definition) is 1. The maximum Gasteiger partial charge on any atom is 0.134 e. The molecule has 1 aromatic rings. The zero-order chi connectivity index (χ0) is 13.4. The lowest BCUT2D eigenvalue weighted by Crippen LogP contribution is -2.11. The van der Waals surface area contributed by atoms with Gasteiger partial charge < -0.3 is 4.74 Å². The molecule has 0 fully saturated rings. The van der Waals surface area contributed by atoms with Gasteiger partial charge in [-0.2, -0.15) is 0 Å². The molecule has 0 bridgehead atoms. The summed E-state index contributed by atoms with van der Waals surface area (Å²) in [6.07, 6.45) is 1.18. The van der Waals surface area contributed by atoms with E-state index in [1.54, 1.807) is 0 Å². The zero-order valence-corrected chi connectivity index (χ0v) is 12.1. The summed E-state index contributed by atoms with van der Waals surface area (Å²) in [5.41, 5.74) is 0.912. The molecule has 0 saturated heterocycles. The quantitative estimate of drug-likeness (QED) is 0.568. The maximum atomic E-state index is 5.85. The van der Waals surface area contributed by atoms with E-state index in [2.05, 4.69) is 32.6 Å². The first kappa shape index (κ1) is 14.9. The van der Waals surface area contributed by atoms with Crippen LogP contribution >= 0.6 is 11.6 Å². The molecule has 0 heterocycles. The highest BCUT2D eigenvalue weighted by Gasteiger charge is 2.07. The van der Waals surface area contributed by atoms with Crippen molar-refractivity contribution in [2.24, 2.45) is 11.8 Å². The molecule has 18 heavy (non-hydrogen) atoms. The average Bonchev–Trinajstić information content (AvgIpc) is 2.34. The van der Waals surface area contributed by atoms with Crippen molar-refractivity contribution in [3.8, 4) is 17.6 Å². The van der Waals surface area contributed by atoms with Gasteiger partial charge in [-0.3, -0.25) is 0 Å². The van der Waals surface area contributed by atoms with Gasteiger partial charge in [-0.25, -0.2) is 0 Å². The predicted molar refractivity (Wildman–Crippen MR) is 78.2 cm³/mol. The van der Waals surface area contributed by atoms with Crippen molar-refractivity contribution >= 4 is 11.6 Å². The summed E-state index contributed by atoms with van der Waals surface area (Å²) < 4.78 is 5.85. The Balaban J connectivity index is 2.61. The molecule has 1 atom stereocenters. The lowest BCUT2D eigenvalue weighted by atomic mass is 10.00. The van der Waals surface area contributed by atoms with Crippen LogP contribution in [-0.4, -0.2) is 12.5 Å². The van der Waals surface area contributed by atoms with Crippen molar-refractivity contribution in [2.45, 2.75) is 27.2 Å². The summed E-state index contributed by atoms with van der Waals surface area (Å²) >= 11 is 5.57. The number of alkyl halides is 1. The summed E-state index contributed by atoms with van der Waals surface area (Å²) in [7, 11) is 0. The number of para-hydroxylation sites is 1. The van der Waals surface area contributed by atoms with Gasteiger partial charge in [-0.05, 0) is 30.4 Å². The van der Waals surface area contributed by atoms with Crippen molar-refractivity contribution < 1.29 is 4.74 Å². The largest absolute Gasteiger partial charge is 0.492 e. The third-order valence-corrected chi connectivity index (χ3v) is 2.71. The minimum Gasteiger partial charge on any atom is -0.492 e. The molecular weight excluding hydrogens is 244 g/mol. The van der Waals surface area contributed by atoms with Gasteiger partial charge in [0.25, 0.3) is 0 Å². The van der Waals surface area contributed by atoms with Crippen LogP contribution in [0.15, 0.2) is 24.3 Å². The molecule has 0 aliphatic rings. The van der Waals surface area contributed by atoms with Crippen LogP contribution in [0, 0.1) is 23.7 Å². The van der Waals surface area contributed by atoms with Gasteiger partial charge in [0.2, 0.25) is 0 Å². The highest BCUT2D eigenvalue weighted by Crippen LogP contribution is 2.19. The molecule has 0 radical (unpaired) electrons. The number of halogens is 1. The summed E-state index contributed by atoms with van der Waals surface area (Å²) in [6.45, 7) is 7.41. The molecule has 0 aliphatic carbocycles. The SMILES string of the molecule is CC(C)CC(C)COc1ccccc1C#CCCl. The number of hydrogen-bond donors (Lipinski definition) is 0. The Hall–Kier alpha value is -1.13. The maximum absolute atomic E-state index is 5.85. The Kier molecular flexibility index (Phi) is 6.68. The number of rotatable bonds is 5. The third-order valence-electron chi connectivity index (χ3n) is 2.57. The van der Waals surface area contributed by atoms with E-state index in [9.17, 15) is 0 Å². The van der Waals surface area contributed by atoms with E-state index in [4.69, 9.17) is 16.3 Å². The molecule has 0 amide bonds. The Labute approximate surface area is 115 Å². The second-order valence-electron chi connectivity index (χ2n) is 4.98. The summed E-state index contributed by atoms with van der Waals surface area (Å²) in [5.74, 6) is 8.34. The fraction of sp³-hybridized carbons (Fsp3) is 0.500. The van der Waals surface area contributed by atoms with Gasteiger partial charge in [0.1, 0.15) is 5.75 Å². The normalized spacial score (nSPS) is 11.8. The average molecular weight is 265 g/mol. The van der Waals surface area contributed by atoms with Crippen molar-refractivity contribution in [2.75, 3.05) is 12.5 Å². The van der Waals surface area contributed by atoms with Crippen LogP contribution in [0.5, 0.6) is 5.75 Å². The topological polar surface area (TPSA) is 9.23 Å². The van der Waals surface area contributed by atoms with Crippen LogP contribution in [0.3, 0.4) is 0 Å². The molecule has 98 valence electrons. The first-order chi connectivity index (χ1) is 8.63. The van der Waals surface area contributed by atoms with E-state index in [0.717, 1.165) is 17.9 Å². The first-order valence-electron chi connectivity index (χ1n) is 6.40. The van der Waals surface area contributed by atoms with Gasteiger partial charge >= 0.3 is 0 Å². The second kappa shape index (κ2) is 8.06. The summed E-state index contributed by atoms with van der Waals surface area (Å²) in [5, 5.41) is 0. The molecule has 0 spiro atoms. The van der Waals surface area contributed by atoms with E-state index < -0.39 is 0 Å². The minimum absolute atomic E-state index is 0.345. The molecule has 0 N–H and O–H groups in total. The van der Waals surface area contributed by atoms with Crippen LogP contribution < -0.4 is 4.74 Å². The van der Waals surface area contributed by atoms with Crippen LogP contribution in [0.25, 0.3) is 0 Å². The highest BCUT2D eigenvalue weighted by molar-refractivity contribution is 6.19. The van der Waals surface area contributed by atoms with Gasteiger partial charge in [0.15, 0.2) is 0 Å². The van der Waals surface area contributed by atoms with Crippen molar-refractivity contribution in [1.29, 1.82) is 0 Å². The molecule has 0 aliphatic heterocycles. The Morgan fingerprint density at radius 3 is 2.61 bits per heavy atom. The van der Waals surface area contributed by atoms with Crippen molar-refractivity contribution in [3.63, 3.8) is 0 Å². The minimum atomic E-state index is 0.345. The first-order valence-corrected chi connectivity index (χ1v) is 6.93. The van der Waals surface area contributed by atoms with E-state index >= 15 is 0 Å². The van der Waals surface area contributed by atoms with Gasteiger partial charge in [-0.1, -0.05) is 44.7 Å². The van der Waals surface area contributed by atoms with Gasteiger partial charge in [0, 0.05) is 0 Å². The summed E-state index contributed by atoms with van der Waals surface area (Å²) in [6, 6.07) is 7.85. The predicted octanol–water partition coefficient (Wildman–Crippen LogP) is 4.34. The van der Waals surface area contributed by atoms with Crippen molar-refractivity contribution in [3.05, 3.63) is 29.8 Å². The number of ether oxygens (including phenoxy) is 1. The highest BCUT2D eigenvalue weighted by atomic mass is 35.5. The number of benzene rings is 1. The molecule has 2 heteroatoms. The molecular formula is C16H21ClO. The fourth-order valence-electron chi connectivity index (χ4n) is 1.93. The van der Waals surface area contributed by atoms with Crippen LogP contribution in [0.1, 0.15) is 32.8 Å². The Morgan fingerprint density at radius 1 is 1.22 bits per heavy atom. The van der Waals surface area contributed by atoms with Crippen LogP contribution in [-0.2, 0) is 0 Å². The zero-order valence-electron chi connectivity index (χ0n) is 11.4. The standard InChI is InChI=1S/C16H21ClO/c1-13(2)11-14(3)12-18-16-9-5-4-7-15(16)8-6-10-17/h4-5,7,9,13-14H,10-12H2,1-3H3. The van der Waals surface area contributed by atoms with E-state index in [1.807, 2.05) is 24.3 Å². The van der Waals surface area contributed by atoms with E-state index in [1.165, 1.54) is 6.42 Å². The van der Waals surface area contributed by atoms with Gasteiger partial charge in [-0.15, -0.1) is 11.6 Å². The third kappa shape index (κ3) is 5.47. The lowest BCUT2D eigenvalue weighted by molar-refractivity contribution is 0.238. The Morgan fingerprint density at radius 2 is 1.94 bits per heavy atom. The monoisotopic (exact) mass is 264 g/mol. The van der Waals surface area contributed by atoms with E-state index in [0.29, 0.717) is 17.7 Å². The van der Waals surface area contributed by atoms with Crippen LogP contribution in [0.2, 0.25) is 0 Å². The fourth-order valence-corrected chi connectivity index (χ4v) is 2.00. The molecule has 0 saturated carbocycles. The molecule has 1 unspecified atom stereocenters. The molecule has 0 aromatic heterocycles. The van der Waals surface area contributed by atoms with Gasteiger partial charge in [0.05, 0.1) is 18.1 Å². The smallest absolute Gasteiger partial charge is 0.134 e. The lowest BCUT2D eigenvalue weighted by Gasteiger charge is -2.15. The summed E-state index contributed by atoms with van der Waals surface area (Å²) in [4.78, 5) is 0. The van der Waals surface area contributed by atoms with E-state index in [-0.39, 0.29) is 0 Å². The molecule has 1 nitrogen and oxygen atoms in total. The second-order valence-corrected chi connectivity index (χ2v) is 5.24. The molecule has 1 aromatic carbocycles. The Bertz CT molecular complexity index is 415. The van der Waals surface area contributed by atoms with Crippen LogP contribution in [0.4, 0.5) is 0 Å².